The highest BCUT2D eigenvalue weighted by Gasteiger charge is 2.15. The summed E-state index contributed by atoms with van der Waals surface area (Å²) in [6.07, 6.45) is 0. The minimum atomic E-state index is 0.504. The zero-order chi connectivity index (χ0) is 13.7. The van der Waals surface area contributed by atoms with E-state index in [-0.39, 0.29) is 0 Å². The van der Waals surface area contributed by atoms with Gasteiger partial charge in [-0.05, 0) is 19.8 Å². The molecule has 0 unspecified atom stereocenters. The van der Waals surface area contributed by atoms with Crippen molar-refractivity contribution in [3.63, 3.8) is 0 Å². The molecule has 0 fully saturated rings. The number of thiazole rings is 1. The van der Waals surface area contributed by atoms with Crippen LogP contribution in [-0.2, 0) is 6.54 Å². The van der Waals surface area contributed by atoms with Crippen LogP contribution in [0.1, 0.15) is 47.2 Å². The van der Waals surface area contributed by atoms with Crippen molar-refractivity contribution in [2.24, 2.45) is 5.92 Å². The fraction of sp³-hybridized carbons (Fsp3) is 0.786. The van der Waals surface area contributed by atoms with Crippen LogP contribution in [0.25, 0.3) is 0 Å². The van der Waals surface area contributed by atoms with Crippen molar-refractivity contribution in [1.82, 2.24) is 10.3 Å². The molecule has 1 aromatic rings. The summed E-state index contributed by atoms with van der Waals surface area (Å²) >= 11 is 1.75. The first-order chi connectivity index (χ1) is 8.40. The number of rotatable bonds is 7. The van der Waals surface area contributed by atoms with Crippen LogP contribution in [0.5, 0.6) is 0 Å². The van der Waals surface area contributed by atoms with Gasteiger partial charge in [0.25, 0.3) is 0 Å². The van der Waals surface area contributed by atoms with Gasteiger partial charge in [0.1, 0.15) is 0 Å². The van der Waals surface area contributed by atoms with E-state index in [0.717, 1.165) is 23.9 Å². The minimum Gasteiger partial charge on any atom is -0.345 e. The van der Waals surface area contributed by atoms with Gasteiger partial charge in [0.2, 0.25) is 0 Å². The predicted octanol–water partition coefficient (Wildman–Crippen LogP) is 3.51. The van der Waals surface area contributed by atoms with Gasteiger partial charge in [-0.3, -0.25) is 0 Å². The summed E-state index contributed by atoms with van der Waals surface area (Å²) in [5, 5.41) is 6.73. The molecule has 3 nitrogen and oxygen atoms in total. The highest BCUT2D eigenvalue weighted by Crippen LogP contribution is 2.23. The quantitative estimate of drug-likeness (QED) is 0.821. The molecule has 1 N–H and O–H groups in total. The molecule has 1 heterocycles. The Labute approximate surface area is 116 Å². The number of hydrogen-bond donors (Lipinski definition) is 1. The van der Waals surface area contributed by atoms with Gasteiger partial charge in [0.05, 0.1) is 5.69 Å². The lowest BCUT2D eigenvalue weighted by Crippen LogP contribution is -2.34. The normalized spacial score (nSPS) is 11.8. The summed E-state index contributed by atoms with van der Waals surface area (Å²) in [4.78, 5) is 7.14. The molecule has 0 bridgehead atoms. The third kappa shape index (κ3) is 4.94. The van der Waals surface area contributed by atoms with Crippen LogP contribution < -0.4 is 10.2 Å². The second-order valence-electron chi connectivity index (χ2n) is 5.80. The van der Waals surface area contributed by atoms with Crippen molar-refractivity contribution in [2.45, 2.75) is 60.2 Å². The molecular weight excluding hydrogens is 242 g/mol. The average molecular weight is 269 g/mol. The second kappa shape index (κ2) is 7.10. The van der Waals surface area contributed by atoms with Crippen LogP contribution in [0, 0.1) is 5.92 Å². The molecule has 0 amide bonds. The molecule has 4 heteroatoms. The summed E-state index contributed by atoms with van der Waals surface area (Å²) in [5.41, 5.74) is 1.15. The van der Waals surface area contributed by atoms with Crippen molar-refractivity contribution in [3.05, 3.63) is 11.1 Å². The molecule has 0 aliphatic heterocycles. The van der Waals surface area contributed by atoms with Crippen molar-refractivity contribution in [3.8, 4) is 0 Å². The highest BCUT2D eigenvalue weighted by atomic mass is 32.1. The molecule has 0 atom stereocenters. The molecule has 104 valence electrons. The smallest absolute Gasteiger partial charge is 0.185 e. The summed E-state index contributed by atoms with van der Waals surface area (Å²) in [6, 6.07) is 1.01. The van der Waals surface area contributed by atoms with Gasteiger partial charge in [-0.1, -0.05) is 27.7 Å². The standard InChI is InChI=1S/C14H27N3S/c1-10(2)8-17(12(5)6)14-16-13(9-18-14)7-15-11(3)4/h9-12,15H,7-8H2,1-6H3. The van der Waals surface area contributed by atoms with Crippen LogP contribution in [-0.4, -0.2) is 23.6 Å². The largest absolute Gasteiger partial charge is 0.345 e. The van der Waals surface area contributed by atoms with Gasteiger partial charge in [-0.2, -0.15) is 0 Å². The molecule has 0 aliphatic carbocycles. The Morgan fingerprint density at radius 3 is 2.39 bits per heavy atom. The maximum atomic E-state index is 4.74. The highest BCUT2D eigenvalue weighted by molar-refractivity contribution is 7.13. The number of aromatic nitrogens is 1. The molecule has 0 aliphatic rings. The van der Waals surface area contributed by atoms with E-state index in [0.29, 0.717) is 18.0 Å². The first kappa shape index (κ1) is 15.4. The fourth-order valence-electron chi connectivity index (χ4n) is 1.72. The van der Waals surface area contributed by atoms with E-state index in [1.54, 1.807) is 11.3 Å². The Hall–Kier alpha value is -0.610. The molecule has 18 heavy (non-hydrogen) atoms. The van der Waals surface area contributed by atoms with E-state index in [1.807, 2.05) is 0 Å². The first-order valence-electron chi connectivity index (χ1n) is 6.84. The predicted molar refractivity (Wildman–Crippen MR) is 81.4 cm³/mol. The molecule has 0 radical (unpaired) electrons. The van der Waals surface area contributed by atoms with Gasteiger partial charge in [0.15, 0.2) is 5.13 Å². The van der Waals surface area contributed by atoms with Gasteiger partial charge in [0, 0.05) is 30.6 Å². The summed E-state index contributed by atoms with van der Waals surface area (Å²) in [5.74, 6) is 0.661. The third-order valence-electron chi connectivity index (χ3n) is 2.66. The maximum absolute atomic E-state index is 4.74. The Kier molecular flexibility index (Phi) is 6.09. The fourth-order valence-corrected chi connectivity index (χ4v) is 2.69. The van der Waals surface area contributed by atoms with E-state index in [1.165, 1.54) is 0 Å². The van der Waals surface area contributed by atoms with Crippen LogP contribution >= 0.6 is 11.3 Å². The Morgan fingerprint density at radius 1 is 1.22 bits per heavy atom. The Morgan fingerprint density at radius 2 is 1.89 bits per heavy atom. The summed E-state index contributed by atoms with van der Waals surface area (Å²) < 4.78 is 0. The van der Waals surface area contributed by atoms with E-state index in [4.69, 9.17) is 4.98 Å². The third-order valence-corrected chi connectivity index (χ3v) is 3.59. The van der Waals surface area contributed by atoms with Crippen molar-refractivity contribution in [1.29, 1.82) is 0 Å². The van der Waals surface area contributed by atoms with E-state index < -0.39 is 0 Å². The summed E-state index contributed by atoms with van der Waals surface area (Å²) in [7, 11) is 0. The molecule has 0 aromatic carbocycles. The van der Waals surface area contributed by atoms with E-state index in [2.05, 4.69) is 57.1 Å². The topological polar surface area (TPSA) is 28.2 Å². The molecule has 0 saturated heterocycles. The first-order valence-corrected chi connectivity index (χ1v) is 7.72. The monoisotopic (exact) mass is 269 g/mol. The Bertz CT molecular complexity index is 345. The van der Waals surface area contributed by atoms with Crippen LogP contribution in [0.2, 0.25) is 0 Å². The number of anilines is 1. The van der Waals surface area contributed by atoms with Crippen LogP contribution in [0.15, 0.2) is 5.38 Å². The lowest BCUT2D eigenvalue weighted by atomic mass is 10.2. The van der Waals surface area contributed by atoms with Crippen LogP contribution in [0.3, 0.4) is 0 Å². The van der Waals surface area contributed by atoms with Crippen molar-refractivity contribution in [2.75, 3.05) is 11.4 Å². The molecule has 1 rings (SSSR count). The number of nitrogens with one attached hydrogen (secondary N) is 1. The summed E-state index contributed by atoms with van der Waals surface area (Å²) in [6.45, 7) is 15.2. The zero-order valence-electron chi connectivity index (χ0n) is 12.5. The second-order valence-corrected chi connectivity index (χ2v) is 6.63. The van der Waals surface area contributed by atoms with Gasteiger partial charge >= 0.3 is 0 Å². The lowest BCUT2D eigenvalue weighted by Gasteiger charge is -2.27. The SMILES string of the molecule is CC(C)CN(c1nc(CNC(C)C)cs1)C(C)C. The van der Waals surface area contributed by atoms with E-state index >= 15 is 0 Å². The lowest BCUT2D eigenvalue weighted by molar-refractivity contribution is 0.565. The zero-order valence-corrected chi connectivity index (χ0v) is 13.3. The van der Waals surface area contributed by atoms with Gasteiger partial charge < -0.3 is 10.2 Å². The van der Waals surface area contributed by atoms with Gasteiger partial charge in [-0.15, -0.1) is 11.3 Å². The molecule has 0 saturated carbocycles. The Balaban J connectivity index is 2.68. The number of hydrogen-bond acceptors (Lipinski definition) is 4. The van der Waals surface area contributed by atoms with Crippen LogP contribution in [0.4, 0.5) is 5.13 Å². The number of nitrogens with zero attached hydrogens (tertiary/aromatic N) is 2. The van der Waals surface area contributed by atoms with Crippen molar-refractivity contribution < 1.29 is 0 Å². The van der Waals surface area contributed by atoms with Crippen molar-refractivity contribution >= 4 is 16.5 Å². The minimum absolute atomic E-state index is 0.504. The maximum Gasteiger partial charge on any atom is 0.185 e. The molecule has 0 spiro atoms. The van der Waals surface area contributed by atoms with E-state index in [9.17, 15) is 0 Å². The molecular formula is C14H27N3S. The molecule has 1 aromatic heterocycles. The van der Waals surface area contributed by atoms with Gasteiger partial charge in [-0.25, -0.2) is 4.98 Å². The average Bonchev–Trinajstić information content (AvgIpc) is 2.70.